The van der Waals surface area contributed by atoms with E-state index in [2.05, 4.69) is 102 Å². The highest BCUT2D eigenvalue weighted by atomic mass is 16.5. The van der Waals surface area contributed by atoms with Crippen LogP contribution in [0.2, 0.25) is 0 Å². The molecule has 0 amide bonds. The maximum atomic E-state index is 13.3. The Kier molecular flexibility index (Phi) is 6.76. The number of aryl methyl sites for hydroxylation is 1. The Morgan fingerprint density at radius 3 is 2.07 bits per heavy atom. The van der Waals surface area contributed by atoms with Gasteiger partial charge in [0.2, 0.25) is 0 Å². The molecule has 4 nitrogen and oxygen atoms in total. The molecule has 0 saturated heterocycles. The number of ether oxygens (including phenoxy) is 1. The molecule has 0 N–H and O–H groups in total. The molecule has 216 valence electrons. The zero-order valence-electron chi connectivity index (χ0n) is 25.9. The first-order chi connectivity index (χ1) is 20.3. The molecule has 3 aromatic rings. The first-order valence-electron chi connectivity index (χ1n) is 14.8. The molecule has 1 aliphatic carbocycles. The minimum Gasteiger partial charge on any atom is -0.461 e. The van der Waals surface area contributed by atoms with E-state index in [1.165, 1.54) is 22.4 Å². The van der Waals surface area contributed by atoms with Crippen LogP contribution in [0.4, 0.5) is 11.4 Å². The molecule has 6 rings (SSSR count). The van der Waals surface area contributed by atoms with Gasteiger partial charge in [0.15, 0.2) is 11.6 Å². The molecule has 0 saturated carbocycles. The van der Waals surface area contributed by atoms with Crippen LogP contribution in [0.15, 0.2) is 114 Å². The molecule has 3 aromatic carbocycles. The molecule has 2 aliphatic heterocycles. The Hall–Kier alpha value is -4.70. The fourth-order valence-electron chi connectivity index (χ4n) is 6.13. The largest absolute Gasteiger partial charge is 0.461 e. The molecule has 0 bridgehead atoms. The van der Waals surface area contributed by atoms with Gasteiger partial charge in [0.25, 0.3) is 0 Å². The summed E-state index contributed by atoms with van der Waals surface area (Å²) in [6.45, 7) is 14.9. The number of carbonyl (C=O) groups excluding carboxylic acids is 2. The predicted octanol–water partition coefficient (Wildman–Crippen LogP) is 9.56. The van der Waals surface area contributed by atoms with Crippen LogP contribution in [-0.4, -0.2) is 17.1 Å². The van der Waals surface area contributed by atoms with Crippen molar-refractivity contribution in [3.8, 4) is 0 Å². The van der Waals surface area contributed by atoms with E-state index in [9.17, 15) is 9.59 Å². The summed E-state index contributed by atoms with van der Waals surface area (Å²) in [5.41, 5.74) is 8.19. The number of nitrogens with zero attached hydrogens (tertiary/aromatic N) is 1. The third-order valence-corrected chi connectivity index (χ3v) is 8.28. The summed E-state index contributed by atoms with van der Waals surface area (Å²) in [7, 11) is 0. The summed E-state index contributed by atoms with van der Waals surface area (Å²) in [6, 6.07) is 22.2. The van der Waals surface area contributed by atoms with E-state index >= 15 is 0 Å². The normalized spacial score (nSPS) is 17.8. The number of ketones is 2. The summed E-state index contributed by atoms with van der Waals surface area (Å²) in [4.78, 5) is 29.0. The first kappa shape index (κ1) is 28.4. The van der Waals surface area contributed by atoms with Gasteiger partial charge < -0.3 is 9.64 Å². The van der Waals surface area contributed by atoms with Crippen molar-refractivity contribution in [2.75, 3.05) is 4.90 Å². The third-order valence-electron chi connectivity index (χ3n) is 8.28. The standard InChI is InChI=1S/C39H37NO3/c1-24-12-16-28(17-13-24)40-33-19-15-26(20-32(33)25(2)23-39(40,6)7)14-18-29-21-27(22-34(43-29)38(3,4)5)35-36(41)30-10-8-9-11-31(30)37(35)42/h8-23H,1-7H3. The second-order valence-electron chi connectivity index (χ2n) is 13.2. The Balaban J connectivity index is 1.38. The van der Waals surface area contributed by atoms with Crippen molar-refractivity contribution in [2.45, 2.75) is 54.0 Å². The SMILES string of the molecule is CC1=CC(C)(C)N(c2ccc(C)cc2)c2ccc(C=CC3=CC(=C4C(=O)c5ccccc5C4=O)C=C(C(C)(C)C)O3)cc21. The topological polar surface area (TPSA) is 46.6 Å². The van der Waals surface area contributed by atoms with E-state index in [0.717, 1.165) is 11.3 Å². The lowest BCUT2D eigenvalue weighted by atomic mass is 9.87. The Labute approximate surface area is 254 Å². The summed E-state index contributed by atoms with van der Waals surface area (Å²) in [6.07, 6.45) is 9.90. The molecular formula is C39H37NO3. The fourth-order valence-corrected chi connectivity index (χ4v) is 6.13. The van der Waals surface area contributed by atoms with Gasteiger partial charge in [-0.15, -0.1) is 0 Å². The van der Waals surface area contributed by atoms with Gasteiger partial charge in [0.05, 0.1) is 11.1 Å². The fraction of sp³-hybridized carbons (Fsp3) is 0.231. The third kappa shape index (κ3) is 5.12. The molecule has 43 heavy (non-hydrogen) atoms. The van der Waals surface area contributed by atoms with E-state index < -0.39 is 0 Å². The van der Waals surface area contributed by atoms with Crippen LogP contribution in [-0.2, 0) is 4.74 Å². The maximum absolute atomic E-state index is 13.3. The summed E-state index contributed by atoms with van der Waals surface area (Å²) in [5.74, 6) is 0.812. The van der Waals surface area contributed by atoms with Gasteiger partial charge in [-0.2, -0.15) is 0 Å². The zero-order valence-corrected chi connectivity index (χ0v) is 25.9. The number of hydrogen-bond donors (Lipinski definition) is 0. The Morgan fingerprint density at radius 1 is 0.791 bits per heavy atom. The number of fused-ring (bicyclic) bond motifs is 2. The van der Waals surface area contributed by atoms with Crippen LogP contribution in [0.1, 0.15) is 78.9 Å². The number of anilines is 2. The maximum Gasteiger partial charge on any atom is 0.198 e. The van der Waals surface area contributed by atoms with Crippen LogP contribution in [0.3, 0.4) is 0 Å². The lowest BCUT2D eigenvalue weighted by Gasteiger charge is -2.43. The lowest BCUT2D eigenvalue weighted by Crippen LogP contribution is -2.41. The number of Topliss-reactive ketones (excluding diaryl/α,β-unsaturated/α-hetero) is 2. The second-order valence-corrected chi connectivity index (χ2v) is 13.2. The van der Waals surface area contributed by atoms with Gasteiger partial charge >= 0.3 is 0 Å². The molecule has 4 heteroatoms. The average molecular weight is 568 g/mol. The number of rotatable bonds is 3. The van der Waals surface area contributed by atoms with Gasteiger partial charge in [-0.05, 0) is 86.9 Å². The molecule has 0 unspecified atom stereocenters. The van der Waals surface area contributed by atoms with Crippen molar-refractivity contribution in [2.24, 2.45) is 5.41 Å². The van der Waals surface area contributed by atoms with Crippen molar-refractivity contribution in [3.63, 3.8) is 0 Å². The second kappa shape index (κ2) is 10.2. The number of benzene rings is 3. The minimum absolute atomic E-state index is 0.182. The minimum atomic E-state index is -0.323. The monoisotopic (exact) mass is 567 g/mol. The highest BCUT2D eigenvalue weighted by Gasteiger charge is 2.36. The summed E-state index contributed by atoms with van der Waals surface area (Å²) < 4.78 is 6.31. The van der Waals surface area contributed by atoms with Crippen molar-refractivity contribution < 1.29 is 14.3 Å². The molecule has 0 spiro atoms. The molecular weight excluding hydrogens is 530 g/mol. The molecule has 0 aromatic heterocycles. The van der Waals surface area contributed by atoms with Crippen LogP contribution in [0, 0.1) is 12.3 Å². The number of hydrogen-bond acceptors (Lipinski definition) is 4. The van der Waals surface area contributed by atoms with E-state index in [1.807, 2.05) is 18.2 Å². The lowest BCUT2D eigenvalue weighted by molar-refractivity contribution is 0.0987. The van der Waals surface area contributed by atoms with Crippen LogP contribution < -0.4 is 4.90 Å². The van der Waals surface area contributed by atoms with Gasteiger partial charge in [-0.3, -0.25) is 9.59 Å². The number of allylic oxidation sites excluding steroid dienone is 7. The van der Waals surface area contributed by atoms with Crippen molar-refractivity contribution in [1.29, 1.82) is 0 Å². The van der Waals surface area contributed by atoms with Crippen molar-refractivity contribution in [1.82, 2.24) is 0 Å². The highest BCUT2D eigenvalue weighted by Crippen LogP contribution is 2.44. The van der Waals surface area contributed by atoms with E-state index in [4.69, 9.17) is 4.74 Å². The molecule has 2 heterocycles. The molecule has 0 atom stereocenters. The summed E-state index contributed by atoms with van der Waals surface area (Å²) >= 11 is 0. The van der Waals surface area contributed by atoms with E-state index in [0.29, 0.717) is 28.2 Å². The smallest absolute Gasteiger partial charge is 0.198 e. The molecule has 0 fully saturated rings. The van der Waals surface area contributed by atoms with Crippen LogP contribution in [0.25, 0.3) is 11.6 Å². The molecule has 3 aliphatic rings. The average Bonchev–Trinajstić information content (AvgIpc) is 3.21. The van der Waals surface area contributed by atoms with Crippen molar-refractivity contribution in [3.05, 3.63) is 142 Å². The summed E-state index contributed by atoms with van der Waals surface area (Å²) in [5, 5.41) is 0. The first-order valence-corrected chi connectivity index (χ1v) is 14.8. The highest BCUT2D eigenvalue weighted by molar-refractivity contribution is 6.40. The zero-order chi connectivity index (χ0) is 30.7. The Morgan fingerprint density at radius 2 is 1.44 bits per heavy atom. The quantitative estimate of drug-likeness (QED) is 0.234. The Bertz CT molecular complexity index is 1800. The van der Waals surface area contributed by atoms with Gasteiger partial charge in [0.1, 0.15) is 11.5 Å². The van der Waals surface area contributed by atoms with E-state index in [1.54, 1.807) is 30.3 Å². The van der Waals surface area contributed by atoms with Gasteiger partial charge in [0, 0.05) is 33.5 Å². The molecule has 0 radical (unpaired) electrons. The van der Waals surface area contributed by atoms with Gasteiger partial charge in [-0.25, -0.2) is 0 Å². The van der Waals surface area contributed by atoms with Crippen LogP contribution in [0.5, 0.6) is 0 Å². The van der Waals surface area contributed by atoms with E-state index in [-0.39, 0.29) is 28.1 Å². The van der Waals surface area contributed by atoms with Crippen molar-refractivity contribution >= 4 is 34.6 Å². The number of carbonyl (C=O) groups is 2. The van der Waals surface area contributed by atoms with Crippen LogP contribution >= 0.6 is 0 Å². The van der Waals surface area contributed by atoms with Gasteiger partial charge in [-0.1, -0.05) is 81.0 Å². The predicted molar refractivity (Wildman–Crippen MR) is 175 cm³/mol.